The van der Waals surface area contributed by atoms with Gasteiger partial charge in [-0.25, -0.2) is 0 Å². The fourth-order valence-electron chi connectivity index (χ4n) is 2.51. The van der Waals surface area contributed by atoms with Crippen LogP contribution in [-0.2, 0) is 6.54 Å². The minimum Gasteiger partial charge on any atom is -0.454 e. The van der Waals surface area contributed by atoms with Crippen molar-refractivity contribution in [2.24, 2.45) is 5.92 Å². The fraction of sp³-hybridized carbons (Fsp3) is 0.467. The highest BCUT2D eigenvalue weighted by molar-refractivity contribution is 5.44. The zero-order valence-corrected chi connectivity index (χ0v) is 10.5. The second-order valence-corrected chi connectivity index (χ2v) is 4.94. The zero-order chi connectivity index (χ0) is 12.2. The molecule has 0 saturated heterocycles. The van der Waals surface area contributed by atoms with Crippen molar-refractivity contribution in [3.05, 3.63) is 35.9 Å². The van der Waals surface area contributed by atoms with Crippen LogP contribution in [0.4, 0.5) is 0 Å². The van der Waals surface area contributed by atoms with Gasteiger partial charge in [0, 0.05) is 13.1 Å². The van der Waals surface area contributed by atoms with Crippen molar-refractivity contribution in [3.63, 3.8) is 0 Å². The lowest BCUT2D eigenvalue weighted by Gasteiger charge is -2.16. The van der Waals surface area contributed by atoms with Gasteiger partial charge in [-0.2, -0.15) is 0 Å². The smallest absolute Gasteiger partial charge is 0.231 e. The first-order chi connectivity index (χ1) is 8.92. The molecular formula is C15H19NO2. The molecule has 1 atom stereocenters. The van der Waals surface area contributed by atoms with E-state index in [1.54, 1.807) is 0 Å². The fourth-order valence-corrected chi connectivity index (χ4v) is 2.51. The molecule has 3 rings (SSSR count). The van der Waals surface area contributed by atoms with Crippen LogP contribution in [0.5, 0.6) is 11.5 Å². The molecule has 0 saturated carbocycles. The molecule has 0 aromatic heterocycles. The molecule has 0 radical (unpaired) electrons. The summed E-state index contributed by atoms with van der Waals surface area (Å²) in [5.74, 6) is 2.42. The maximum absolute atomic E-state index is 5.37. The minimum atomic E-state index is 0.346. The lowest BCUT2D eigenvalue weighted by Crippen LogP contribution is -2.22. The molecule has 0 bridgehead atoms. The summed E-state index contributed by atoms with van der Waals surface area (Å²) in [6.07, 6.45) is 8.53. The average Bonchev–Trinajstić information content (AvgIpc) is 2.87. The minimum absolute atomic E-state index is 0.346. The van der Waals surface area contributed by atoms with E-state index in [-0.39, 0.29) is 0 Å². The van der Waals surface area contributed by atoms with Crippen molar-refractivity contribution in [2.45, 2.75) is 25.8 Å². The van der Waals surface area contributed by atoms with E-state index in [0.717, 1.165) is 24.6 Å². The third kappa shape index (κ3) is 2.67. The van der Waals surface area contributed by atoms with Crippen molar-refractivity contribution >= 4 is 0 Å². The Labute approximate surface area is 108 Å². The summed E-state index contributed by atoms with van der Waals surface area (Å²) >= 11 is 0. The number of hydrogen-bond donors (Lipinski definition) is 1. The summed E-state index contributed by atoms with van der Waals surface area (Å²) in [4.78, 5) is 0. The molecule has 2 aliphatic rings. The van der Waals surface area contributed by atoms with Gasteiger partial charge in [0.1, 0.15) is 0 Å². The quantitative estimate of drug-likeness (QED) is 0.827. The Morgan fingerprint density at radius 1 is 1.22 bits per heavy atom. The summed E-state index contributed by atoms with van der Waals surface area (Å²) in [6.45, 7) is 2.30. The molecule has 0 spiro atoms. The van der Waals surface area contributed by atoms with E-state index < -0.39 is 0 Å². The van der Waals surface area contributed by atoms with Gasteiger partial charge in [0.15, 0.2) is 11.5 Å². The number of rotatable bonds is 4. The van der Waals surface area contributed by atoms with Crippen LogP contribution in [0.2, 0.25) is 0 Å². The maximum atomic E-state index is 5.37. The molecule has 1 unspecified atom stereocenters. The normalized spacial score (nSPS) is 21.2. The molecule has 1 N–H and O–H groups in total. The van der Waals surface area contributed by atoms with Crippen LogP contribution >= 0.6 is 0 Å². The molecule has 3 nitrogen and oxygen atoms in total. The molecule has 1 aromatic carbocycles. The summed E-state index contributed by atoms with van der Waals surface area (Å²) in [5.41, 5.74) is 1.25. The summed E-state index contributed by atoms with van der Waals surface area (Å²) in [6, 6.07) is 6.14. The van der Waals surface area contributed by atoms with Crippen LogP contribution in [0.25, 0.3) is 0 Å². The highest BCUT2D eigenvalue weighted by Crippen LogP contribution is 2.32. The molecule has 1 aromatic rings. The Morgan fingerprint density at radius 3 is 3.06 bits per heavy atom. The van der Waals surface area contributed by atoms with E-state index >= 15 is 0 Å². The number of nitrogens with one attached hydrogen (secondary N) is 1. The molecule has 1 aliphatic heterocycles. The maximum Gasteiger partial charge on any atom is 0.231 e. The van der Waals surface area contributed by atoms with Gasteiger partial charge < -0.3 is 14.8 Å². The zero-order valence-electron chi connectivity index (χ0n) is 10.5. The molecular weight excluding hydrogens is 226 g/mol. The Balaban J connectivity index is 1.51. The number of fused-ring (bicyclic) bond motifs is 1. The molecule has 0 amide bonds. The summed E-state index contributed by atoms with van der Waals surface area (Å²) < 4.78 is 10.7. The van der Waals surface area contributed by atoms with Crippen LogP contribution < -0.4 is 14.8 Å². The number of benzene rings is 1. The second kappa shape index (κ2) is 5.44. The van der Waals surface area contributed by atoms with Gasteiger partial charge in [0.25, 0.3) is 0 Å². The molecule has 18 heavy (non-hydrogen) atoms. The van der Waals surface area contributed by atoms with Crippen molar-refractivity contribution in [1.82, 2.24) is 5.32 Å². The monoisotopic (exact) mass is 245 g/mol. The lowest BCUT2D eigenvalue weighted by atomic mass is 9.96. The molecule has 1 aliphatic carbocycles. The van der Waals surface area contributed by atoms with Crippen molar-refractivity contribution in [2.75, 3.05) is 13.3 Å². The second-order valence-electron chi connectivity index (χ2n) is 4.94. The third-order valence-electron chi connectivity index (χ3n) is 3.53. The van der Waals surface area contributed by atoms with Gasteiger partial charge >= 0.3 is 0 Å². The van der Waals surface area contributed by atoms with Crippen molar-refractivity contribution in [3.8, 4) is 11.5 Å². The number of hydrogen-bond acceptors (Lipinski definition) is 3. The van der Waals surface area contributed by atoms with Gasteiger partial charge in [-0.15, -0.1) is 0 Å². The van der Waals surface area contributed by atoms with Crippen LogP contribution in [0.15, 0.2) is 30.4 Å². The Hall–Kier alpha value is -1.48. The Morgan fingerprint density at radius 2 is 2.17 bits per heavy atom. The highest BCUT2D eigenvalue weighted by Gasteiger charge is 2.13. The summed E-state index contributed by atoms with van der Waals surface area (Å²) in [5, 5.41) is 3.51. The largest absolute Gasteiger partial charge is 0.454 e. The van der Waals surface area contributed by atoms with E-state index in [2.05, 4.69) is 29.6 Å². The molecule has 3 heteroatoms. The first-order valence-corrected chi connectivity index (χ1v) is 6.68. The first kappa shape index (κ1) is 11.6. The van der Waals surface area contributed by atoms with Crippen LogP contribution in [-0.4, -0.2) is 13.3 Å². The van der Waals surface area contributed by atoms with Gasteiger partial charge in [0.05, 0.1) is 0 Å². The van der Waals surface area contributed by atoms with E-state index in [9.17, 15) is 0 Å². The van der Waals surface area contributed by atoms with Gasteiger partial charge in [-0.3, -0.25) is 0 Å². The SMILES string of the molecule is C1=CC(CNCc2ccc3c(c2)OCO3)CCC1. The topological polar surface area (TPSA) is 30.5 Å². The van der Waals surface area contributed by atoms with E-state index in [1.807, 2.05) is 6.07 Å². The van der Waals surface area contributed by atoms with Gasteiger partial charge in [-0.1, -0.05) is 18.2 Å². The van der Waals surface area contributed by atoms with Gasteiger partial charge in [0.2, 0.25) is 6.79 Å². The Bertz CT molecular complexity index is 442. The molecule has 0 fully saturated rings. The molecule has 96 valence electrons. The first-order valence-electron chi connectivity index (χ1n) is 6.68. The van der Waals surface area contributed by atoms with E-state index in [1.165, 1.54) is 24.8 Å². The van der Waals surface area contributed by atoms with Crippen LogP contribution in [0.1, 0.15) is 24.8 Å². The molecule has 1 heterocycles. The highest BCUT2D eigenvalue weighted by atomic mass is 16.7. The predicted molar refractivity (Wildman–Crippen MR) is 70.8 cm³/mol. The lowest BCUT2D eigenvalue weighted by molar-refractivity contribution is 0.174. The Kier molecular flexibility index (Phi) is 3.51. The van der Waals surface area contributed by atoms with Crippen molar-refractivity contribution < 1.29 is 9.47 Å². The average molecular weight is 245 g/mol. The van der Waals surface area contributed by atoms with Gasteiger partial charge in [-0.05, 0) is 42.9 Å². The number of allylic oxidation sites excluding steroid dienone is 1. The summed E-state index contributed by atoms with van der Waals surface area (Å²) in [7, 11) is 0. The predicted octanol–water partition coefficient (Wildman–Crippen LogP) is 2.86. The van der Waals surface area contributed by atoms with Crippen LogP contribution in [0.3, 0.4) is 0 Å². The van der Waals surface area contributed by atoms with Crippen molar-refractivity contribution in [1.29, 1.82) is 0 Å². The third-order valence-corrected chi connectivity index (χ3v) is 3.53. The van der Waals surface area contributed by atoms with Crippen LogP contribution in [0, 0.1) is 5.92 Å². The number of ether oxygens (including phenoxy) is 2. The van der Waals surface area contributed by atoms with E-state index in [0.29, 0.717) is 12.7 Å². The standard InChI is InChI=1S/C15H19NO2/c1-2-4-12(5-3-1)9-16-10-13-6-7-14-15(8-13)18-11-17-14/h2,4,6-8,12,16H,1,3,5,9-11H2. The van der Waals surface area contributed by atoms with E-state index in [4.69, 9.17) is 9.47 Å².